The van der Waals surface area contributed by atoms with Crippen LogP contribution in [0.3, 0.4) is 0 Å². The molecule has 0 unspecified atom stereocenters. The van der Waals surface area contributed by atoms with E-state index in [0.717, 1.165) is 12.1 Å². The number of benzene rings is 1. The molecule has 112 valence electrons. The molecular formula is C15H14ClF3N2. The number of rotatable bonds is 6. The molecular weight excluding hydrogens is 301 g/mol. The molecule has 0 aliphatic rings. The van der Waals surface area contributed by atoms with Crippen LogP contribution in [0.4, 0.5) is 13.2 Å². The van der Waals surface area contributed by atoms with Crippen molar-refractivity contribution in [2.45, 2.75) is 31.9 Å². The number of unbranched alkanes of at least 4 members (excludes halogenated alkanes) is 1. The Kier molecular flexibility index (Phi) is 6.05. The first-order valence-electron chi connectivity index (χ1n) is 6.41. The van der Waals surface area contributed by atoms with E-state index in [1.165, 1.54) is 12.1 Å². The number of nitriles is 2. The molecule has 1 rings (SSSR count). The Labute approximate surface area is 126 Å². The van der Waals surface area contributed by atoms with Gasteiger partial charge in [-0.2, -0.15) is 23.7 Å². The second-order valence-electron chi connectivity index (χ2n) is 4.82. The van der Waals surface area contributed by atoms with Crippen molar-refractivity contribution in [3.05, 3.63) is 35.4 Å². The van der Waals surface area contributed by atoms with Crippen LogP contribution in [-0.2, 0) is 12.6 Å². The second kappa shape index (κ2) is 7.33. The van der Waals surface area contributed by atoms with E-state index in [0.29, 0.717) is 30.7 Å². The smallest absolute Gasteiger partial charge is 0.197 e. The van der Waals surface area contributed by atoms with E-state index in [2.05, 4.69) is 0 Å². The lowest BCUT2D eigenvalue weighted by Crippen LogP contribution is -2.20. The van der Waals surface area contributed by atoms with E-state index in [4.69, 9.17) is 11.6 Å². The maximum Gasteiger partial charge on any atom is 0.416 e. The van der Waals surface area contributed by atoms with Crippen LogP contribution in [0.5, 0.6) is 0 Å². The third-order valence-electron chi connectivity index (χ3n) is 3.20. The third kappa shape index (κ3) is 4.95. The molecule has 0 spiro atoms. The first kappa shape index (κ1) is 17.3. The highest BCUT2D eigenvalue weighted by Gasteiger charge is 2.32. The van der Waals surface area contributed by atoms with Gasteiger partial charge in [0.15, 0.2) is 0 Å². The van der Waals surface area contributed by atoms with Crippen LogP contribution in [-0.4, -0.2) is 5.88 Å². The fourth-order valence-corrected chi connectivity index (χ4v) is 2.17. The van der Waals surface area contributed by atoms with Gasteiger partial charge < -0.3 is 0 Å². The van der Waals surface area contributed by atoms with Crippen LogP contribution in [0, 0.1) is 28.1 Å². The molecule has 0 aliphatic heterocycles. The van der Waals surface area contributed by atoms with Gasteiger partial charge in [-0.1, -0.05) is 12.1 Å². The molecule has 0 N–H and O–H groups in total. The second-order valence-corrected chi connectivity index (χ2v) is 5.20. The van der Waals surface area contributed by atoms with Gasteiger partial charge in [0, 0.05) is 12.3 Å². The molecule has 21 heavy (non-hydrogen) atoms. The average molecular weight is 315 g/mol. The Morgan fingerprint density at radius 3 is 2.00 bits per heavy atom. The summed E-state index contributed by atoms with van der Waals surface area (Å²) >= 11 is 5.56. The fourth-order valence-electron chi connectivity index (χ4n) is 1.99. The molecule has 2 nitrogen and oxygen atoms in total. The summed E-state index contributed by atoms with van der Waals surface area (Å²) in [5.41, 5.74) is -1.42. The van der Waals surface area contributed by atoms with Gasteiger partial charge in [0.05, 0.1) is 17.7 Å². The summed E-state index contributed by atoms with van der Waals surface area (Å²) in [7, 11) is 0. The van der Waals surface area contributed by atoms with E-state index in [1.54, 1.807) is 0 Å². The van der Waals surface area contributed by atoms with Crippen molar-refractivity contribution >= 4 is 11.6 Å². The molecule has 0 heterocycles. The standard InChI is InChI=1S/C15H14ClF3N2/c16-8-2-1-7-14(10-20,11-21)9-12-3-5-13(6-4-12)15(17,18)19/h3-6H,1-2,7-9H2. The van der Waals surface area contributed by atoms with Crippen molar-refractivity contribution in [3.8, 4) is 12.1 Å². The lowest BCUT2D eigenvalue weighted by Gasteiger charge is -2.18. The number of halogens is 4. The molecule has 0 atom stereocenters. The lowest BCUT2D eigenvalue weighted by molar-refractivity contribution is -0.137. The molecule has 0 bridgehead atoms. The highest BCUT2D eigenvalue weighted by atomic mass is 35.5. The first-order valence-corrected chi connectivity index (χ1v) is 6.95. The minimum atomic E-state index is -4.39. The van der Waals surface area contributed by atoms with E-state index < -0.39 is 17.2 Å². The highest BCUT2D eigenvalue weighted by molar-refractivity contribution is 6.17. The van der Waals surface area contributed by atoms with Gasteiger partial charge in [-0.25, -0.2) is 0 Å². The maximum atomic E-state index is 12.5. The molecule has 1 aromatic rings. The fraction of sp³-hybridized carbons (Fsp3) is 0.467. The van der Waals surface area contributed by atoms with Crippen LogP contribution in [0.2, 0.25) is 0 Å². The zero-order valence-electron chi connectivity index (χ0n) is 11.3. The highest BCUT2D eigenvalue weighted by Crippen LogP contribution is 2.32. The number of hydrogen-bond acceptors (Lipinski definition) is 2. The minimum absolute atomic E-state index is 0.112. The summed E-state index contributed by atoms with van der Waals surface area (Å²) in [6, 6.07) is 8.54. The van der Waals surface area contributed by atoms with Crippen LogP contribution in [0.15, 0.2) is 24.3 Å². The summed E-state index contributed by atoms with van der Waals surface area (Å²) in [5.74, 6) is 0.452. The summed E-state index contributed by atoms with van der Waals surface area (Å²) in [4.78, 5) is 0. The van der Waals surface area contributed by atoms with Gasteiger partial charge in [-0.05, 0) is 37.0 Å². The van der Waals surface area contributed by atoms with Crippen molar-refractivity contribution in [1.29, 1.82) is 10.5 Å². The van der Waals surface area contributed by atoms with Crippen LogP contribution in [0.25, 0.3) is 0 Å². The zero-order chi connectivity index (χ0) is 15.9. The predicted octanol–water partition coefficient (Wildman–Crippen LogP) is 4.69. The quantitative estimate of drug-likeness (QED) is 0.565. The number of alkyl halides is 4. The van der Waals surface area contributed by atoms with Gasteiger partial charge >= 0.3 is 6.18 Å². The van der Waals surface area contributed by atoms with Crippen LogP contribution in [0.1, 0.15) is 30.4 Å². The van der Waals surface area contributed by atoms with E-state index in [-0.39, 0.29) is 6.42 Å². The van der Waals surface area contributed by atoms with Crippen molar-refractivity contribution in [3.63, 3.8) is 0 Å². The van der Waals surface area contributed by atoms with E-state index >= 15 is 0 Å². The Balaban J connectivity index is 2.86. The monoisotopic (exact) mass is 314 g/mol. The predicted molar refractivity (Wildman–Crippen MR) is 73.4 cm³/mol. The molecule has 0 aliphatic carbocycles. The topological polar surface area (TPSA) is 47.6 Å². The van der Waals surface area contributed by atoms with Crippen molar-refractivity contribution in [1.82, 2.24) is 0 Å². The molecule has 0 saturated heterocycles. The Morgan fingerprint density at radius 1 is 1.00 bits per heavy atom. The zero-order valence-corrected chi connectivity index (χ0v) is 12.0. The molecule has 1 aromatic carbocycles. The SMILES string of the molecule is N#CC(C#N)(CCCCCl)Cc1ccc(C(F)(F)F)cc1. The number of nitrogens with zero attached hydrogens (tertiary/aromatic N) is 2. The van der Waals surface area contributed by atoms with E-state index in [1.807, 2.05) is 12.1 Å². The van der Waals surface area contributed by atoms with Gasteiger partial charge in [-0.3, -0.25) is 0 Å². The van der Waals surface area contributed by atoms with Gasteiger partial charge in [0.25, 0.3) is 0 Å². The molecule has 0 fully saturated rings. The molecule has 6 heteroatoms. The summed E-state index contributed by atoms with van der Waals surface area (Å²) in [5, 5.41) is 18.5. The van der Waals surface area contributed by atoms with Crippen LogP contribution >= 0.6 is 11.6 Å². The lowest BCUT2D eigenvalue weighted by atomic mass is 9.80. The molecule has 0 saturated carbocycles. The summed E-state index contributed by atoms with van der Waals surface area (Å²) in [6.45, 7) is 0. The molecule has 0 radical (unpaired) electrons. The normalized spacial score (nSPS) is 11.7. The van der Waals surface area contributed by atoms with Gasteiger partial charge in [0.2, 0.25) is 0 Å². The number of hydrogen-bond donors (Lipinski definition) is 0. The minimum Gasteiger partial charge on any atom is -0.197 e. The molecule has 0 aromatic heterocycles. The van der Waals surface area contributed by atoms with Crippen molar-refractivity contribution < 1.29 is 13.2 Å². The summed E-state index contributed by atoms with van der Waals surface area (Å²) < 4.78 is 37.4. The third-order valence-corrected chi connectivity index (χ3v) is 3.47. The largest absolute Gasteiger partial charge is 0.416 e. The van der Waals surface area contributed by atoms with Gasteiger partial charge in [-0.15, -0.1) is 11.6 Å². The summed E-state index contributed by atoms with van der Waals surface area (Å²) in [6.07, 6.45) is -2.60. The van der Waals surface area contributed by atoms with Crippen LogP contribution < -0.4 is 0 Å². The van der Waals surface area contributed by atoms with Crippen molar-refractivity contribution in [2.24, 2.45) is 5.41 Å². The van der Waals surface area contributed by atoms with Crippen molar-refractivity contribution in [2.75, 3.05) is 5.88 Å². The Hall–Kier alpha value is -1.72. The molecule has 0 amide bonds. The van der Waals surface area contributed by atoms with Gasteiger partial charge in [0.1, 0.15) is 5.41 Å². The average Bonchev–Trinajstić information content (AvgIpc) is 2.46. The Morgan fingerprint density at radius 2 is 1.57 bits per heavy atom. The maximum absolute atomic E-state index is 12.5. The Bertz CT molecular complexity index is 524. The first-order chi connectivity index (χ1) is 9.87. The van der Waals surface area contributed by atoms with E-state index in [9.17, 15) is 23.7 Å².